The smallest absolute Gasteiger partial charge is 0.330 e. The molecule has 4 aromatic rings. The molecule has 0 bridgehead atoms. The Morgan fingerprint density at radius 3 is 2.28 bits per heavy atom. The maximum Gasteiger partial charge on any atom is 0.330 e. The minimum atomic E-state index is -4.83. The predicted molar refractivity (Wildman–Crippen MR) is 124 cm³/mol. The van der Waals surface area contributed by atoms with E-state index >= 15 is 0 Å². The van der Waals surface area contributed by atoms with Crippen LogP contribution in [0.25, 0.3) is 10.8 Å². The Labute approximate surface area is 207 Å². The number of benzene rings is 3. The topological polar surface area (TPSA) is 207 Å². The third-order valence-electron chi connectivity index (χ3n) is 4.36. The second kappa shape index (κ2) is 10.3. The molecule has 0 fully saturated rings. The molecule has 1 aromatic heterocycles. The van der Waals surface area contributed by atoms with Crippen LogP contribution in [0.15, 0.2) is 75.6 Å². The summed E-state index contributed by atoms with van der Waals surface area (Å²) >= 11 is 0.471. The molecule has 0 aliphatic carbocycles. The minimum Gasteiger partial charge on any atom is -0.424 e. The van der Waals surface area contributed by atoms with Crippen LogP contribution in [0.3, 0.4) is 0 Å². The van der Waals surface area contributed by atoms with E-state index < -0.39 is 36.3 Å². The van der Waals surface area contributed by atoms with E-state index in [1.807, 2.05) is 0 Å². The van der Waals surface area contributed by atoms with E-state index in [1.165, 1.54) is 24.3 Å². The number of nitrogens with zero attached hydrogens (tertiary/aromatic N) is 3. The first-order valence-corrected chi connectivity index (χ1v) is 13.1. The predicted octanol–water partition coefficient (Wildman–Crippen LogP) is 3.48. The van der Waals surface area contributed by atoms with Gasteiger partial charge in [-0.3, -0.25) is 9.11 Å². The van der Waals surface area contributed by atoms with Crippen molar-refractivity contribution >= 4 is 54.7 Å². The molecule has 0 saturated heterocycles. The fourth-order valence-electron chi connectivity index (χ4n) is 2.98. The first-order chi connectivity index (χ1) is 17.0. The quantitative estimate of drug-likeness (QED) is 0.101. The van der Waals surface area contributed by atoms with Crippen LogP contribution in [0.2, 0.25) is 0 Å². The number of ether oxygens (including phenoxy) is 1. The number of para-hydroxylation sites is 1. The van der Waals surface area contributed by atoms with E-state index in [2.05, 4.69) is 29.6 Å². The Bertz CT molecular complexity index is 1630. The van der Waals surface area contributed by atoms with Gasteiger partial charge in [0.2, 0.25) is 5.95 Å². The van der Waals surface area contributed by atoms with Gasteiger partial charge in [-0.15, -0.1) is 4.33 Å². The summed E-state index contributed by atoms with van der Waals surface area (Å²) in [6, 6.07) is 14.5. The molecule has 188 valence electrons. The van der Waals surface area contributed by atoms with E-state index in [9.17, 15) is 25.9 Å². The number of nitrogens with one attached hydrogen (secondary N) is 1. The molecule has 4 rings (SSSR count). The van der Waals surface area contributed by atoms with Crippen molar-refractivity contribution in [3.63, 3.8) is 0 Å². The fourth-order valence-corrected chi connectivity index (χ4v) is 4.64. The molecule has 0 saturated carbocycles. The number of hydrogen-bond donors (Lipinski definition) is 4. The van der Waals surface area contributed by atoms with Crippen LogP contribution in [-0.4, -0.2) is 46.2 Å². The van der Waals surface area contributed by atoms with Crippen LogP contribution in [0.5, 0.6) is 11.8 Å². The van der Waals surface area contributed by atoms with Gasteiger partial charge in [-0.25, -0.2) is 5.26 Å². The summed E-state index contributed by atoms with van der Waals surface area (Å²) in [5.74, 6) is -0.0288. The first-order valence-electron chi connectivity index (χ1n) is 9.46. The standard InChI is InChI=1S/C19H14N4O10S3/c24-32-33-34-14-9-11-8-12(6-7-15(11)16(10-14)35(25,26)27)20-17-21-18(23-19(22-17)36(28,29)30)31-13-4-2-1-3-5-13/h1-10,24H,(H,25,26,27)(H,28,29,30)(H,20,21,22,23). The lowest BCUT2D eigenvalue weighted by molar-refractivity contribution is -0.432. The van der Waals surface area contributed by atoms with Crippen LogP contribution in [-0.2, 0) is 29.6 Å². The van der Waals surface area contributed by atoms with Crippen LogP contribution in [0, 0.1) is 0 Å². The minimum absolute atomic E-state index is 0.139. The Kier molecular flexibility index (Phi) is 7.33. The van der Waals surface area contributed by atoms with Crippen molar-refractivity contribution in [1.29, 1.82) is 0 Å². The first kappa shape index (κ1) is 25.7. The van der Waals surface area contributed by atoms with Gasteiger partial charge in [-0.2, -0.15) is 31.8 Å². The third-order valence-corrected chi connectivity index (χ3v) is 6.45. The molecular formula is C19H14N4O10S3. The van der Waals surface area contributed by atoms with Gasteiger partial charge < -0.3 is 10.1 Å². The zero-order valence-corrected chi connectivity index (χ0v) is 20.0. The molecule has 0 spiro atoms. The average molecular weight is 555 g/mol. The Hall–Kier alpha value is -3.42. The number of hydrogen-bond acceptors (Lipinski definition) is 13. The van der Waals surface area contributed by atoms with Crippen molar-refractivity contribution in [2.75, 3.05) is 5.32 Å². The molecule has 36 heavy (non-hydrogen) atoms. The van der Waals surface area contributed by atoms with Gasteiger partial charge in [0, 0.05) is 16.0 Å². The van der Waals surface area contributed by atoms with Crippen LogP contribution in [0.1, 0.15) is 0 Å². The van der Waals surface area contributed by atoms with Gasteiger partial charge >= 0.3 is 16.1 Å². The van der Waals surface area contributed by atoms with Gasteiger partial charge in [0.05, 0.1) is 12.0 Å². The largest absolute Gasteiger partial charge is 0.424 e. The van der Waals surface area contributed by atoms with Crippen molar-refractivity contribution in [3.8, 4) is 11.8 Å². The molecular weight excluding hydrogens is 540 g/mol. The Morgan fingerprint density at radius 1 is 0.861 bits per heavy atom. The van der Waals surface area contributed by atoms with Crippen LogP contribution < -0.4 is 10.1 Å². The van der Waals surface area contributed by atoms with Crippen molar-refractivity contribution in [3.05, 3.63) is 60.7 Å². The summed E-state index contributed by atoms with van der Waals surface area (Å²) in [7, 11) is -9.47. The number of fused-ring (bicyclic) bond motifs is 1. The van der Waals surface area contributed by atoms with Gasteiger partial charge in [-0.1, -0.05) is 29.3 Å². The molecule has 4 N–H and O–H groups in total. The maximum absolute atomic E-state index is 11.9. The van der Waals surface area contributed by atoms with Crippen LogP contribution in [0.4, 0.5) is 11.6 Å². The van der Waals surface area contributed by atoms with E-state index in [4.69, 9.17) is 9.99 Å². The summed E-state index contributed by atoms with van der Waals surface area (Å²) < 4.78 is 75.9. The lowest BCUT2D eigenvalue weighted by atomic mass is 10.1. The highest BCUT2D eigenvalue weighted by Crippen LogP contribution is 2.33. The normalized spacial score (nSPS) is 12.0. The maximum atomic E-state index is 11.9. The fraction of sp³-hybridized carbons (Fsp3) is 0. The number of aromatic nitrogens is 3. The van der Waals surface area contributed by atoms with Crippen molar-refractivity contribution in [2.24, 2.45) is 0 Å². The van der Waals surface area contributed by atoms with Gasteiger partial charge in [0.1, 0.15) is 10.6 Å². The average Bonchev–Trinajstić information content (AvgIpc) is 2.81. The molecule has 0 unspecified atom stereocenters. The molecule has 0 atom stereocenters. The van der Waals surface area contributed by atoms with E-state index in [0.717, 1.165) is 6.07 Å². The highest BCUT2D eigenvalue weighted by Gasteiger charge is 2.20. The second-order valence-electron chi connectivity index (χ2n) is 6.80. The Morgan fingerprint density at radius 2 is 1.61 bits per heavy atom. The molecule has 0 aliphatic heterocycles. The van der Waals surface area contributed by atoms with E-state index in [1.54, 1.807) is 30.3 Å². The molecule has 3 aromatic carbocycles. The highest BCUT2D eigenvalue weighted by molar-refractivity contribution is 7.94. The molecule has 0 amide bonds. The summed E-state index contributed by atoms with van der Waals surface area (Å²) in [6.07, 6.45) is 0. The van der Waals surface area contributed by atoms with Gasteiger partial charge in [0.25, 0.3) is 15.3 Å². The zero-order chi connectivity index (χ0) is 25.9. The van der Waals surface area contributed by atoms with Crippen LogP contribution >= 0.6 is 12.0 Å². The molecule has 1 heterocycles. The van der Waals surface area contributed by atoms with Crippen molar-refractivity contribution in [1.82, 2.24) is 15.0 Å². The summed E-state index contributed by atoms with van der Waals surface area (Å²) in [4.78, 5) is 11.0. The van der Waals surface area contributed by atoms with Crippen molar-refractivity contribution < 1.29 is 45.3 Å². The van der Waals surface area contributed by atoms with Crippen molar-refractivity contribution in [2.45, 2.75) is 14.9 Å². The third kappa shape index (κ3) is 6.22. The SMILES string of the molecule is O=S(=O)(O)c1nc(Nc2ccc3c(S(=O)(=O)O)cc(SOOO)cc3c2)nc(Oc2ccccc2)n1. The zero-order valence-electron chi connectivity index (χ0n) is 17.5. The summed E-state index contributed by atoms with van der Waals surface area (Å²) in [5.41, 5.74) is 0.253. The lowest BCUT2D eigenvalue weighted by Gasteiger charge is -2.11. The summed E-state index contributed by atoms with van der Waals surface area (Å²) in [6.45, 7) is 0. The molecule has 0 aliphatic rings. The van der Waals surface area contributed by atoms with E-state index in [-0.39, 0.29) is 27.3 Å². The monoisotopic (exact) mass is 554 g/mol. The number of anilines is 2. The second-order valence-corrected chi connectivity index (χ2v) is 10.3. The van der Waals surface area contributed by atoms with Gasteiger partial charge in [-0.05, 0) is 41.8 Å². The molecule has 14 nitrogen and oxygen atoms in total. The molecule has 17 heteroatoms. The lowest BCUT2D eigenvalue weighted by Crippen LogP contribution is -2.10. The summed E-state index contributed by atoms with van der Waals surface area (Å²) in [5, 5.41) is 14.0. The van der Waals surface area contributed by atoms with E-state index in [0.29, 0.717) is 17.8 Å². The van der Waals surface area contributed by atoms with Gasteiger partial charge in [0.15, 0.2) is 0 Å². The Balaban J connectivity index is 1.75. The highest BCUT2D eigenvalue weighted by atomic mass is 32.2. The number of rotatable bonds is 9. The molecule has 0 radical (unpaired) electrons.